The van der Waals surface area contributed by atoms with Crippen LogP contribution in [0.2, 0.25) is 0 Å². The summed E-state index contributed by atoms with van der Waals surface area (Å²) < 4.78 is 0. The summed E-state index contributed by atoms with van der Waals surface area (Å²) in [5.41, 5.74) is 12.0. The van der Waals surface area contributed by atoms with Gasteiger partial charge in [-0.1, -0.05) is 158 Å². The molecule has 0 spiro atoms. The fourth-order valence-electron chi connectivity index (χ4n) is 5.32. The van der Waals surface area contributed by atoms with Crippen molar-refractivity contribution in [2.75, 3.05) is 11.9 Å². The molecular weight excluding hydrogens is 458 g/mol. The molecular formula is C37H29N. The van der Waals surface area contributed by atoms with Gasteiger partial charge in [-0.05, 0) is 22.3 Å². The van der Waals surface area contributed by atoms with Gasteiger partial charge in [-0.3, -0.25) is 0 Å². The lowest BCUT2D eigenvalue weighted by Gasteiger charge is -2.30. The maximum absolute atomic E-state index is 2.40. The lowest BCUT2D eigenvalue weighted by Crippen LogP contribution is -2.14. The topological polar surface area (TPSA) is 3.24 Å². The van der Waals surface area contributed by atoms with E-state index in [1.165, 1.54) is 55.9 Å². The molecule has 6 rings (SSSR count). The van der Waals surface area contributed by atoms with Gasteiger partial charge in [-0.15, -0.1) is 0 Å². The van der Waals surface area contributed by atoms with Crippen LogP contribution in [-0.4, -0.2) is 7.05 Å². The molecule has 0 aromatic heterocycles. The summed E-state index contributed by atoms with van der Waals surface area (Å²) in [4.78, 5) is 2.40. The lowest BCUT2D eigenvalue weighted by atomic mass is 9.92. The van der Waals surface area contributed by atoms with Gasteiger partial charge in [0.15, 0.2) is 0 Å². The van der Waals surface area contributed by atoms with Crippen molar-refractivity contribution in [3.05, 3.63) is 158 Å². The van der Waals surface area contributed by atoms with E-state index in [1.807, 2.05) is 0 Å². The van der Waals surface area contributed by atoms with E-state index < -0.39 is 0 Å². The molecule has 0 N–H and O–H groups in total. The number of rotatable bonds is 6. The first-order valence-corrected chi connectivity index (χ1v) is 13.0. The monoisotopic (exact) mass is 487 g/mol. The summed E-state index contributed by atoms with van der Waals surface area (Å²) in [5, 5.41) is 0. The molecule has 1 heteroatoms. The summed E-state index contributed by atoms with van der Waals surface area (Å²) in [6.45, 7) is 0. The van der Waals surface area contributed by atoms with Crippen LogP contribution in [-0.2, 0) is 0 Å². The third-order valence-electron chi connectivity index (χ3n) is 7.08. The van der Waals surface area contributed by atoms with E-state index >= 15 is 0 Å². The number of anilines is 2. The second-order valence-corrected chi connectivity index (χ2v) is 9.43. The number of hydrogen-bond donors (Lipinski definition) is 0. The van der Waals surface area contributed by atoms with Crippen LogP contribution in [0, 0.1) is 0 Å². The van der Waals surface area contributed by atoms with Crippen LogP contribution in [0.25, 0.3) is 44.5 Å². The van der Waals surface area contributed by atoms with Crippen LogP contribution < -0.4 is 4.90 Å². The summed E-state index contributed by atoms with van der Waals surface area (Å²) in [6.07, 6.45) is 0. The van der Waals surface area contributed by atoms with Gasteiger partial charge < -0.3 is 4.90 Å². The van der Waals surface area contributed by atoms with E-state index in [1.54, 1.807) is 0 Å². The van der Waals surface area contributed by atoms with Gasteiger partial charge in [0.2, 0.25) is 0 Å². The van der Waals surface area contributed by atoms with E-state index in [4.69, 9.17) is 0 Å². The first-order valence-electron chi connectivity index (χ1n) is 13.0. The maximum Gasteiger partial charge on any atom is 0.0567 e. The molecule has 0 radical (unpaired) electrons. The van der Waals surface area contributed by atoms with Crippen molar-refractivity contribution >= 4 is 11.4 Å². The Bertz CT molecular complexity index is 1400. The first kappa shape index (κ1) is 23.5. The summed E-state index contributed by atoms with van der Waals surface area (Å²) in [6, 6.07) is 56.1. The fourth-order valence-corrected chi connectivity index (χ4v) is 5.32. The highest BCUT2D eigenvalue weighted by Gasteiger charge is 2.22. The Morgan fingerprint density at radius 2 is 0.526 bits per heavy atom. The summed E-state index contributed by atoms with van der Waals surface area (Å²) in [5.74, 6) is 0. The molecule has 0 unspecified atom stereocenters. The molecule has 6 aromatic rings. The van der Waals surface area contributed by atoms with Crippen molar-refractivity contribution in [2.45, 2.75) is 0 Å². The number of benzene rings is 6. The predicted molar refractivity (Wildman–Crippen MR) is 163 cm³/mol. The molecule has 6 aromatic carbocycles. The Balaban J connectivity index is 1.67. The number of hydrogen-bond acceptors (Lipinski definition) is 1. The van der Waals surface area contributed by atoms with Gasteiger partial charge in [-0.2, -0.15) is 0 Å². The minimum Gasteiger partial charge on any atom is -0.343 e. The SMILES string of the molecule is CN(c1c(-c2ccccc2)cccc1-c1ccccc1)c1c(-c2ccccc2)cccc1-c1ccccc1. The van der Waals surface area contributed by atoms with Crippen LogP contribution in [0.1, 0.15) is 0 Å². The van der Waals surface area contributed by atoms with E-state index in [0.29, 0.717) is 0 Å². The molecule has 1 nitrogen and oxygen atoms in total. The van der Waals surface area contributed by atoms with E-state index in [0.717, 1.165) is 0 Å². The van der Waals surface area contributed by atoms with Crippen LogP contribution in [0.15, 0.2) is 158 Å². The van der Waals surface area contributed by atoms with Crippen molar-refractivity contribution in [1.29, 1.82) is 0 Å². The second kappa shape index (κ2) is 10.6. The molecule has 0 aliphatic heterocycles. The average molecular weight is 488 g/mol. The van der Waals surface area contributed by atoms with Crippen molar-refractivity contribution in [3.8, 4) is 44.5 Å². The zero-order valence-corrected chi connectivity index (χ0v) is 21.5. The quantitative estimate of drug-likeness (QED) is 0.226. The van der Waals surface area contributed by atoms with E-state index in [9.17, 15) is 0 Å². The molecule has 0 saturated carbocycles. The van der Waals surface area contributed by atoms with Crippen molar-refractivity contribution in [3.63, 3.8) is 0 Å². The zero-order chi connectivity index (χ0) is 25.7. The molecule has 0 atom stereocenters. The Morgan fingerprint density at radius 3 is 0.763 bits per heavy atom. The van der Waals surface area contributed by atoms with Gasteiger partial charge in [0.25, 0.3) is 0 Å². The average Bonchev–Trinajstić information content (AvgIpc) is 3.01. The largest absolute Gasteiger partial charge is 0.343 e. The Labute approximate surface area is 225 Å². The Hall–Kier alpha value is -4.88. The molecule has 0 bridgehead atoms. The third kappa shape index (κ3) is 4.51. The molecule has 0 fully saturated rings. The van der Waals surface area contributed by atoms with E-state index in [2.05, 4.69) is 170 Å². The van der Waals surface area contributed by atoms with Crippen LogP contribution in [0.4, 0.5) is 11.4 Å². The van der Waals surface area contributed by atoms with Crippen LogP contribution >= 0.6 is 0 Å². The highest BCUT2D eigenvalue weighted by molar-refractivity contribution is 6.00. The molecule has 182 valence electrons. The normalized spacial score (nSPS) is 10.8. The van der Waals surface area contributed by atoms with E-state index in [-0.39, 0.29) is 0 Å². The predicted octanol–water partition coefficient (Wildman–Crippen LogP) is 10.1. The van der Waals surface area contributed by atoms with Gasteiger partial charge in [0.05, 0.1) is 11.4 Å². The zero-order valence-electron chi connectivity index (χ0n) is 21.5. The van der Waals surface area contributed by atoms with Gasteiger partial charge in [0, 0.05) is 29.3 Å². The summed E-state index contributed by atoms with van der Waals surface area (Å²) >= 11 is 0. The number of nitrogens with zero attached hydrogens (tertiary/aromatic N) is 1. The third-order valence-corrected chi connectivity index (χ3v) is 7.08. The maximum atomic E-state index is 2.40. The first-order chi connectivity index (χ1) is 18.8. The van der Waals surface area contributed by atoms with Gasteiger partial charge in [-0.25, -0.2) is 0 Å². The minimum atomic E-state index is 1.19. The second-order valence-electron chi connectivity index (χ2n) is 9.43. The smallest absolute Gasteiger partial charge is 0.0567 e. The van der Waals surface area contributed by atoms with Crippen molar-refractivity contribution in [2.24, 2.45) is 0 Å². The van der Waals surface area contributed by atoms with Crippen molar-refractivity contribution < 1.29 is 0 Å². The minimum absolute atomic E-state index is 1.19. The van der Waals surface area contributed by atoms with Gasteiger partial charge >= 0.3 is 0 Å². The summed E-state index contributed by atoms with van der Waals surface area (Å²) in [7, 11) is 2.21. The fraction of sp³-hybridized carbons (Fsp3) is 0.0270. The van der Waals surface area contributed by atoms with Crippen LogP contribution in [0.3, 0.4) is 0 Å². The molecule has 0 aliphatic rings. The standard InChI is InChI=1S/C37H29N/c1-38(36-32(28-16-6-2-7-17-28)24-14-25-33(36)29-18-8-3-9-19-29)37-34(30-20-10-4-11-21-30)26-15-27-35(37)31-22-12-5-13-23-31/h2-27H,1H3. The Morgan fingerprint density at radius 1 is 0.289 bits per heavy atom. The van der Waals surface area contributed by atoms with Crippen molar-refractivity contribution in [1.82, 2.24) is 0 Å². The lowest BCUT2D eigenvalue weighted by molar-refractivity contribution is 1.21. The molecule has 0 saturated heterocycles. The highest BCUT2D eigenvalue weighted by Crippen LogP contribution is 2.47. The molecule has 0 amide bonds. The highest BCUT2D eigenvalue weighted by atomic mass is 15.1. The Kier molecular flexibility index (Phi) is 6.57. The van der Waals surface area contributed by atoms with Gasteiger partial charge in [0.1, 0.15) is 0 Å². The molecule has 0 heterocycles. The number of para-hydroxylation sites is 2. The molecule has 0 aliphatic carbocycles. The molecule has 38 heavy (non-hydrogen) atoms. The van der Waals surface area contributed by atoms with Crippen LogP contribution in [0.5, 0.6) is 0 Å².